The molecular formula is C21H21FN2O3S. The summed E-state index contributed by atoms with van der Waals surface area (Å²) in [6.45, 7) is 3.79. The molecule has 0 aliphatic carbocycles. The first-order valence-corrected chi connectivity index (χ1v) is 9.68. The van der Waals surface area contributed by atoms with Gasteiger partial charge in [0.25, 0.3) is 5.91 Å². The maximum Gasteiger partial charge on any atom is 0.340 e. The van der Waals surface area contributed by atoms with Gasteiger partial charge >= 0.3 is 5.97 Å². The van der Waals surface area contributed by atoms with Crippen LogP contribution in [0.25, 0.3) is 5.69 Å². The number of hydrogen-bond acceptors (Lipinski definition) is 4. The van der Waals surface area contributed by atoms with Crippen molar-refractivity contribution >= 4 is 23.2 Å². The van der Waals surface area contributed by atoms with E-state index in [2.05, 4.69) is 0 Å². The number of esters is 1. The minimum absolute atomic E-state index is 0.271. The van der Waals surface area contributed by atoms with Gasteiger partial charge in [0.05, 0.1) is 5.56 Å². The molecule has 0 fully saturated rings. The Morgan fingerprint density at radius 2 is 1.89 bits per heavy atom. The molecule has 7 heteroatoms. The maximum absolute atomic E-state index is 13.2. The van der Waals surface area contributed by atoms with Crippen LogP contribution in [0, 0.1) is 19.7 Å². The van der Waals surface area contributed by atoms with Crippen LogP contribution in [0.3, 0.4) is 0 Å². The zero-order chi connectivity index (χ0) is 20.3. The minimum Gasteiger partial charge on any atom is -0.452 e. The van der Waals surface area contributed by atoms with Crippen LogP contribution in [0.5, 0.6) is 0 Å². The summed E-state index contributed by atoms with van der Waals surface area (Å²) < 4.78 is 20.3. The number of nitrogens with zero attached hydrogens (tertiary/aromatic N) is 2. The highest BCUT2D eigenvalue weighted by Crippen LogP contribution is 2.22. The second-order valence-corrected chi connectivity index (χ2v) is 7.33. The fourth-order valence-electron chi connectivity index (χ4n) is 3.02. The molecule has 0 aliphatic heterocycles. The summed E-state index contributed by atoms with van der Waals surface area (Å²) in [6.07, 6.45) is 0. The Morgan fingerprint density at radius 3 is 2.54 bits per heavy atom. The number of ether oxygens (including phenoxy) is 1. The summed E-state index contributed by atoms with van der Waals surface area (Å²) in [7, 11) is 1.67. The third kappa shape index (κ3) is 4.31. The van der Waals surface area contributed by atoms with Gasteiger partial charge in [-0.1, -0.05) is 0 Å². The third-order valence-corrected chi connectivity index (χ3v) is 5.22. The fraction of sp³-hybridized carbons (Fsp3) is 0.238. The zero-order valence-electron chi connectivity index (χ0n) is 15.9. The third-order valence-electron chi connectivity index (χ3n) is 4.49. The van der Waals surface area contributed by atoms with Crippen molar-refractivity contribution in [3.63, 3.8) is 0 Å². The molecule has 0 bridgehead atoms. The van der Waals surface area contributed by atoms with Gasteiger partial charge in [-0.15, -0.1) is 0 Å². The first-order valence-electron chi connectivity index (χ1n) is 8.74. The lowest BCUT2D eigenvalue weighted by Crippen LogP contribution is -2.30. The van der Waals surface area contributed by atoms with Crippen LogP contribution in [0.15, 0.2) is 47.2 Å². The van der Waals surface area contributed by atoms with E-state index in [0.29, 0.717) is 17.8 Å². The number of carbonyl (C=O) groups is 2. The van der Waals surface area contributed by atoms with E-state index in [1.165, 1.54) is 17.0 Å². The number of carbonyl (C=O) groups excluding carboxylic acids is 2. The molecule has 0 saturated heterocycles. The van der Waals surface area contributed by atoms with Gasteiger partial charge in [0.1, 0.15) is 5.82 Å². The lowest BCUT2D eigenvalue weighted by Gasteiger charge is -2.16. The Balaban J connectivity index is 1.67. The summed E-state index contributed by atoms with van der Waals surface area (Å²) >= 11 is 1.57. The second-order valence-electron chi connectivity index (χ2n) is 6.55. The SMILES string of the molecule is Cc1cc(C(=O)OCC(=O)N(C)Cc2ccsc2)c(C)n1-c1ccc(F)cc1. The Labute approximate surface area is 167 Å². The molecule has 2 heterocycles. The van der Waals surface area contributed by atoms with Gasteiger partial charge in [-0.05, 0) is 66.6 Å². The van der Waals surface area contributed by atoms with Crippen molar-refractivity contribution in [1.82, 2.24) is 9.47 Å². The van der Waals surface area contributed by atoms with Crippen LogP contribution in [0.2, 0.25) is 0 Å². The highest BCUT2D eigenvalue weighted by Gasteiger charge is 2.20. The summed E-state index contributed by atoms with van der Waals surface area (Å²) in [5.41, 5.74) is 3.66. The van der Waals surface area contributed by atoms with Crippen LogP contribution in [0.1, 0.15) is 27.3 Å². The summed E-state index contributed by atoms with van der Waals surface area (Å²) in [5.74, 6) is -1.15. The molecule has 1 aromatic carbocycles. The standard InChI is InChI=1S/C21H21FN2O3S/c1-14-10-19(15(2)24(14)18-6-4-17(22)5-7-18)21(26)27-12-20(25)23(3)11-16-8-9-28-13-16/h4-10,13H,11-12H2,1-3H3. The number of thiophene rings is 1. The molecule has 0 aliphatic rings. The maximum atomic E-state index is 13.2. The predicted octanol–water partition coefficient (Wildman–Crippen LogP) is 4.11. The van der Waals surface area contributed by atoms with E-state index < -0.39 is 5.97 Å². The van der Waals surface area contributed by atoms with E-state index in [1.54, 1.807) is 43.5 Å². The molecule has 0 atom stereocenters. The molecule has 0 unspecified atom stereocenters. The largest absolute Gasteiger partial charge is 0.452 e. The molecule has 146 valence electrons. The quantitative estimate of drug-likeness (QED) is 0.585. The Bertz CT molecular complexity index is 978. The Hall–Kier alpha value is -2.93. The molecule has 0 spiro atoms. The molecule has 0 saturated carbocycles. The molecule has 0 N–H and O–H groups in total. The Morgan fingerprint density at radius 1 is 1.18 bits per heavy atom. The molecule has 1 amide bonds. The molecule has 3 aromatic rings. The number of amides is 1. The van der Waals surface area contributed by atoms with E-state index in [0.717, 1.165) is 16.9 Å². The smallest absolute Gasteiger partial charge is 0.340 e. The fourth-order valence-corrected chi connectivity index (χ4v) is 3.68. The molecule has 28 heavy (non-hydrogen) atoms. The lowest BCUT2D eigenvalue weighted by molar-refractivity contribution is -0.133. The summed E-state index contributed by atoms with van der Waals surface area (Å²) in [6, 6.07) is 9.69. The average molecular weight is 400 g/mol. The van der Waals surface area contributed by atoms with Crippen LogP contribution >= 0.6 is 11.3 Å². The number of rotatable bonds is 6. The van der Waals surface area contributed by atoms with E-state index in [1.807, 2.05) is 28.3 Å². The molecule has 3 rings (SSSR count). The van der Waals surface area contributed by atoms with Crippen molar-refractivity contribution in [2.24, 2.45) is 0 Å². The van der Waals surface area contributed by atoms with E-state index in [-0.39, 0.29) is 18.3 Å². The van der Waals surface area contributed by atoms with Crippen LogP contribution < -0.4 is 0 Å². The molecule has 2 aromatic heterocycles. The molecule has 0 radical (unpaired) electrons. The van der Waals surface area contributed by atoms with Crippen molar-refractivity contribution in [2.75, 3.05) is 13.7 Å². The lowest BCUT2D eigenvalue weighted by atomic mass is 10.2. The molecular weight excluding hydrogens is 379 g/mol. The number of hydrogen-bond donors (Lipinski definition) is 0. The summed E-state index contributed by atoms with van der Waals surface area (Å²) in [5, 5.41) is 3.92. The van der Waals surface area contributed by atoms with Gasteiger partial charge in [-0.25, -0.2) is 9.18 Å². The van der Waals surface area contributed by atoms with Crippen molar-refractivity contribution in [3.05, 3.63) is 75.5 Å². The number of benzene rings is 1. The number of aromatic nitrogens is 1. The Kier molecular flexibility index (Phi) is 5.94. The zero-order valence-corrected chi connectivity index (χ0v) is 16.8. The molecule has 5 nitrogen and oxygen atoms in total. The highest BCUT2D eigenvalue weighted by molar-refractivity contribution is 7.07. The average Bonchev–Trinajstić information content (AvgIpc) is 3.28. The minimum atomic E-state index is -0.557. The number of aryl methyl sites for hydroxylation is 1. The summed E-state index contributed by atoms with van der Waals surface area (Å²) in [4.78, 5) is 26.2. The van der Waals surface area contributed by atoms with Crippen molar-refractivity contribution < 1.29 is 18.7 Å². The van der Waals surface area contributed by atoms with Crippen LogP contribution in [-0.4, -0.2) is 35.0 Å². The van der Waals surface area contributed by atoms with E-state index in [4.69, 9.17) is 4.74 Å². The predicted molar refractivity (Wildman–Crippen MR) is 106 cm³/mol. The van der Waals surface area contributed by atoms with E-state index >= 15 is 0 Å². The topological polar surface area (TPSA) is 51.5 Å². The highest BCUT2D eigenvalue weighted by atomic mass is 32.1. The van der Waals surface area contributed by atoms with Gasteiger partial charge in [0, 0.05) is 30.7 Å². The first kappa shape index (κ1) is 19.8. The van der Waals surface area contributed by atoms with Crippen LogP contribution in [0.4, 0.5) is 4.39 Å². The first-order chi connectivity index (χ1) is 13.4. The van der Waals surface area contributed by atoms with Gasteiger partial charge in [0.15, 0.2) is 6.61 Å². The van der Waals surface area contributed by atoms with E-state index in [9.17, 15) is 14.0 Å². The van der Waals surface area contributed by atoms with Crippen molar-refractivity contribution in [2.45, 2.75) is 20.4 Å². The monoisotopic (exact) mass is 400 g/mol. The number of likely N-dealkylation sites (N-methyl/N-ethyl adjacent to an activating group) is 1. The van der Waals surface area contributed by atoms with Gasteiger partial charge in [0.2, 0.25) is 0 Å². The van der Waals surface area contributed by atoms with Gasteiger partial charge < -0.3 is 14.2 Å². The number of halogens is 1. The normalized spacial score (nSPS) is 10.7. The van der Waals surface area contributed by atoms with Gasteiger partial charge in [-0.3, -0.25) is 4.79 Å². The van der Waals surface area contributed by atoms with Crippen molar-refractivity contribution in [3.8, 4) is 5.69 Å². The second kappa shape index (κ2) is 8.39. The van der Waals surface area contributed by atoms with Crippen molar-refractivity contribution in [1.29, 1.82) is 0 Å². The van der Waals surface area contributed by atoms with Gasteiger partial charge in [-0.2, -0.15) is 11.3 Å². The van der Waals surface area contributed by atoms with Crippen LogP contribution in [-0.2, 0) is 16.1 Å².